The van der Waals surface area contributed by atoms with Crippen LogP contribution in [0, 0.1) is 0 Å². The first-order valence-electron chi connectivity index (χ1n) is 4.76. The maximum atomic E-state index is 9.28. The molecule has 2 heteroatoms. The number of allylic oxidation sites excluding steroid dienone is 1. The Labute approximate surface area is 84.8 Å². The number of aliphatic hydroxyl groups is 1. The summed E-state index contributed by atoms with van der Waals surface area (Å²) < 4.78 is 5.41. The molecule has 1 atom stereocenters. The highest BCUT2D eigenvalue weighted by Gasteiger charge is 1.99. The largest absolute Gasteiger partial charge is 0.490 e. The fourth-order valence-corrected chi connectivity index (χ4v) is 1.08. The number of benzene rings is 1. The molecule has 14 heavy (non-hydrogen) atoms. The van der Waals surface area contributed by atoms with E-state index in [4.69, 9.17) is 4.74 Å². The van der Waals surface area contributed by atoms with Crippen LogP contribution < -0.4 is 4.74 Å². The molecule has 0 amide bonds. The molecule has 76 valence electrons. The van der Waals surface area contributed by atoms with Gasteiger partial charge in [0.2, 0.25) is 0 Å². The molecule has 1 aromatic rings. The van der Waals surface area contributed by atoms with Gasteiger partial charge >= 0.3 is 0 Å². The van der Waals surface area contributed by atoms with E-state index < -0.39 is 6.10 Å². The van der Waals surface area contributed by atoms with Gasteiger partial charge in [-0.1, -0.05) is 24.3 Å². The highest BCUT2D eigenvalue weighted by Crippen LogP contribution is 2.16. The van der Waals surface area contributed by atoms with Gasteiger partial charge < -0.3 is 9.84 Å². The van der Waals surface area contributed by atoms with Crippen molar-refractivity contribution >= 4 is 0 Å². The quantitative estimate of drug-likeness (QED) is 0.743. The molecule has 0 heterocycles. The lowest BCUT2D eigenvalue weighted by Crippen LogP contribution is -1.94. The van der Waals surface area contributed by atoms with Crippen LogP contribution in [0.15, 0.2) is 36.4 Å². The van der Waals surface area contributed by atoms with Crippen molar-refractivity contribution in [1.82, 2.24) is 0 Å². The summed E-state index contributed by atoms with van der Waals surface area (Å²) in [4.78, 5) is 0. The van der Waals surface area contributed by atoms with E-state index in [0.29, 0.717) is 6.61 Å². The Hall–Kier alpha value is -1.28. The first-order valence-corrected chi connectivity index (χ1v) is 4.76. The highest BCUT2D eigenvalue weighted by molar-refractivity contribution is 5.28. The molecule has 1 rings (SSSR count). The van der Waals surface area contributed by atoms with Crippen molar-refractivity contribution in [2.24, 2.45) is 0 Å². The molecule has 0 saturated heterocycles. The summed E-state index contributed by atoms with van der Waals surface area (Å²) >= 11 is 0. The van der Waals surface area contributed by atoms with Gasteiger partial charge in [-0.3, -0.25) is 0 Å². The predicted octanol–water partition coefficient (Wildman–Crippen LogP) is 2.69. The second-order valence-electron chi connectivity index (χ2n) is 3.13. The summed E-state index contributed by atoms with van der Waals surface area (Å²) in [6, 6.07) is 7.47. The molecule has 0 aliphatic heterocycles. The van der Waals surface area contributed by atoms with Gasteiger partial charge in [-0.15, -0.1) is 0 Å². The van der Waals surface area contributed by atoms with Crippen LogP contribution in [0.2, 0.25) is 0 Å². The molecule has 0 aliphatic rings. The van der Waals surface area contributed by atoms with E-state index in [0.717, 1.165) is 11.3 Å². The second-order valence-corrected chi connectivity index (χ2v) is 3.13. The van der Waals surface area contributed by atoms with E-state index in [1.54, 1.807) is 6.92 Å². The first kappa shape index (κ1) is 10.8. The third kappa shape index (κ3) is 3.23. The lowest BCUT2D eigenvalue weighted by atomic mass is 10.1. The van der Waals surface area contributed by atoms with Crippen molar-refractivity contribution in [3.63, 3.8) is 0 Å². The van der Waals surface area contributed by atoms with Gasteiger partial charge in [0.1, 0.15) is 12.4 Å². The molecule has 0 fully saturated rings. The van der Waals surface area contributed by atoms with Crippen LogP contribution in [0.1, 0.15) is 25.5 Å². The summed E-state index contributed by atoms with van der Waals surface area (Å²) in [7, 11) is 0. The first-order chi connectivity index (χ1) is 6.74. The number of hydrogen-bond donors (Lipinski definition) is 1. The second kappa shape index (κ2) is 5.45. The lowest BCUT2D eigenvalue weighted by Gasteiger charge is -2.06. The van der Waals surface area contributed by atoms with Crippen molar-refractivity contribution in [3.8, 4) is 5.75 Å². The Kier molecular flexibility index (Phi) is 4.20. The van der Waals surface area contributed by atoms with Crippen LogP contribution in [0.25, 0.3) is 0 Å². The third-order valence-electron chi connectivity index (χ3n) is 1.94. The molecular weight excluding hydrogens is 176 g/mol. The monoisotopic (exact) mass is 192 g/mol. The van der Waals surface area contributed by atoms with Crippen LogP contribution in [-0.2, 0) is 0 Å². The van der Waals surface area contributed by atoms with E-state index in [2.05, 4.69) is 0 Å². The van der Waals surface area contributed by atoms with Crippen LogP contribution in [0.4, 0.5) is 0 Å². The van der Waals surface area contributed by atoms with Crippen molar-refractivity contribution in [3.05, 3.63) is 42.0 Å². The van der Waals surface area contributed by atoms with Crippen molar-refractivity contribution in [1.29, 1.82) is 0 Å². The molecule has 1 N–H and O–H groups in total. The van der Waals surface area contributed by atoms with E-state index in [-0.39, 0.29) is 0 Å². The van der Waals surface area contributed by atoms with Gasteiger partial charge in [0.25, 0.3) is 0 Å². The number of aliphatic hydroxyl groups excluding tert-OH is 1. The zero-order valence-electron chi connectivity index (χ0n) is 8.60. The lowest BCUT2D eigenvalue weighted by molar-refractivity contribution is 0.199. The Morgan fingerprint density at radius 1 is 1.36 bits per heavy atom. The van der Waals surface area contributed by atoms with Crippen LogP contribution in [-0.4, -0.2) is 11.7 Å². The zero-order valence-corrected chi connectivity index (χ0v) is 8.60. The van der Waals surface area contributed by atoms with Gasteiger partial charge in [0.05, 0.1) is 6.10 Å². The molecule has 2 nitrogen and oxygen atoms in total. The SMILES string of the molecule is CC=CCOc1ccc([C@H](C)O)cc1. The molecule has 0 saturated carbocycles. The van der Waals surface area contributed by atoms with E-state index in [1.165, 1.54) is 0 Å². The number of rotatable bonds is 4. The fourth-order valence-electron chi connectivity index (χ4n) is 1.08. The fraction of sp³-hybridized carbons (Fsp3) is 0.333. The molecule has 0 bridgehead atoms. The van der Waals surface area contributed by atoms with E-state index in [9.17, 15) is 5.11 Å². The third-order valence-corrected chi connectivity index (χ3v) is 1.94. The summed E-state index contributed by atoms with van der Waals surface area (Å²) in [6.45, 7) is 4.29. The summed E-state index contributed by atoms with van der Waals surface area (Å²) in [5, 5.41) is 9.28. The average Bonchev–Trinajstić information content (AvgIpc) is 2.19. The van der Waals surface area contributed by atoms with Gasteiger partial charge in [-0.05, 0) is 31.5 Å². The molecule has 0 aromatic heterocycles. The molecule has 0 spiro atoms. The maximum absolute atomic E-state index is 9.28. The maximum Gasteiger partial charge on any atom is 0.119 e. The minimum atomic E-state index is -0.417. The summed E-state index contributed by atoms with van der Waals surface area (Å²) in [5.74, 6) is 0.826. The van der Waals surface area contributed by atoms with E-state index >= 15 is 0 Å². The van der Waals surface area contributed by atoms with Gasteiger partial charge in [-0.25, -0.2) is 0 Å². The van der Waals surface area contributed by atoms with E-state index in [1.807, 2.05) is 43.3 Å². The Morgan fingerprint density at radius 3 is 2.50 bits per heavy atom. The Morgan fingerprint density at radius 2 is 2.00 bits per heavy atom. The topological polar surface area (TPSA) is 29.5 Å². The Balaban J connectivity index is 2.55. The Bertz CT molecular complexity index is 286. The smallest absolute Gasteiger partial charge is 0.119 e. The van der Waals surface area contributed by atoms with Gasteiger partial charge in [0.15, 0.2) is 0 Å². The van der Waals surface area contributed by atoms with Crippen molar-refractivity contribution < 1.29 is 9.84 Å². The molecular formula is C12H16O2. The van der Waals surface area contributed by atoms with Gasteiger partial charge in [0, 0.05) is 0 Å². The summed E-state index contributed by atoms with van der Waals surface area (Å²) in [5.41, 5.74) is 0.906. The molecule has 0 radical (unpaired) electrons. The molecule has 1 aromatic carbocycles. The summed E-state index contributed by atoms with van der Waals surface area (Å²) in [6.07, 6.45) is 3.48. The predicted molar refractivity (Wildman–Crippen MR) is 57.4 cm³/mol. The van der Waals surface area contributed by atoms with Crippen LogP contribution in [0.5, 0.6) is 5.75 Å². The van der Waals surface area contributed by atoms with Crippen molar-refractivity contribution in [2.45, 2.75) is 20.0 Å². The minimum absolute atomic E-state index is 0.417. The highest BCUT2D eigenvalue weighted by atomic mass is 16.5. The number of hydrogen-bond acceptors (Lipinski definition) is 2. The molecule has 0 aliphatic carbocycles. The standard InChI is InChI=1S/C12H16O2/c1-3-4-9-14-12-7-5-11(6-8-12)10(2)13/h3-8,10,13H,9H2,1-2H3/t10-/m0/s1. The van der Waals surface area contributed by atoms with Crippen molar-refractivity contribution in [2.75, 3.05) is 6.61 Å². The minimum Gasteiger partial charge on any atom is -0.490 e. The normalized spacial score (nSPS) is 13.1. The van der Waals surface area contributed by atoms with Crippen LogP contribution in [0.3, 0.4) is 0 Å². The number of ether oxygens (including phenoxy) is 1. The molecule has 0 unspecified atom stereocenters. The zero-order chi connectivity index (χ0) is 10.4. The van der Waals surface area contributed by atoms with Gasteiger partial charge in [-0.2, -0.15) is 0 Å². The van der Waals surface area contributed by atoms with Crippen LogP contribution >= 0.6 is 0 Å². The average molecular weight is 192 g/mol.